The van der Waals surface area contributed by atoms with Crippen LogP contribution in [0.3, 0.4) is 0 Å². The SMILES string of the molecule is COC(C)(C)c1ocnc1CO. The fourth-order valence-corrected chi connectivity index (χ4v) is 0.964. The lowest BCUT2D eigenvalue weighted by Crippen LogP contribution is -2.20. The van der Waals surface area contributed by atoms with Gasteiger partial charge in [0.2, 0.25) is 0 Å². The van der Waals surface area contributed by atoms with E-state index in [-0.39, 0.29) is 6.61 Å². The average molecular weight is 171 g/mol. The number of nitrogens with zero attached hydrogens (tertiary/aromatic N) is 1. The van der Waals surface area contributed by atoms with E-state index in [1.54, 1.807) is 7.11 Å². The van der Waals surface area contributed by atoms with Crippen molar-refractivity contribution in [1.29, 1.82) is 0 Å². The fraction of sp³-hybridized carbons (Fsp3) is 0.625. The summed E-state index contributed by atoms with van der Waals surface area (Å²) in [7, 11) is 1.59. The second kappa shape index (κ2) is 3.25. The van der Waals surface area contributed by atoms with Crippen molar-refractivity contribution in [2.24, 2.45) is 0 Å². The molecule has 0 fully saturated rings. The van der Waals surface area contributed by atoms with Crippen molar-refractivity contribution >= 4 is 0 Å². The van der Waals surface area contributed by atoms with E-state index in [1.165, 1.54) is 6.39 Å². The topological polar surface area (TPSA) is 55.5 Å². The van der Waals surface area contributed by atoms with Gasteiger partial charge >= 0.3 is 0 Å². The van der Waals surface area contributed by atoms with Crippen LogP contribution in [0.25, 0.3) is 0 Å². The third-order valence-electron chi connectivity index (χ3n) is 1.85. The minimum atomic E-state index is -0.533. The van der Waals surface area contributed by atoms with Gasteiger partial charge in [0.1, 0.15) is 11.3 Å². The molecule has 0 spiro atoms. The molecule has 68 valence electrons. The monoisotopic (exact) mass is 171 g/mol. The Balaban J connectivity index is 3.00. The van der Waals surface area contributed by atoms with E-state index in [0.717, 1.165) is 0 Å². The number of aliphatic hydroxyl groups is 1. The van der Waals surface area contributed by atoms with Crippen molar-refractivity contribution < 1.29 is 14.3 Å². The first kappa shape index (κ1) is 9.22. The second-order valence-corrected chi connectivity index (χ2v) is 3.00. The first-order valence-corrected chi connectivity index (χ1v) is 3.70. The summed E-state index contributed by atoms with van der Waals surface area (Å²) in [4.78, 5) is 3.85. The number of aromatic nitrogens is 1. The molecule has 4 heteroatoms. The van der Waals surface area contributed by atoms with Crippen LogP contribution in [0.15, 0.2) is 10.8 Å². The third kappa shape index (κ3) is 1.49. The average Bonchev–Trinajstić information content (AvgIpc) is 2.52. The van der Waals surface area contributed by atoms with Gasteiger partial charge in [-0.1, -0.05) is 0 Å². The largest absolute Gasteiger partial charge is 0.445 e. The van der Waals surface area contributed by atoms with Crippen molar-refractivity contribution in [2.75, 3.05) is 7.11 Å². The molecule has 1 N–H and O–H groups in total. The molecule has 0 bridgehead atoms. The Bertz CT molecular complexity index is 255. The van der Waals surface area contributed by atoms with Gasteiger partial charge in [0.15, 0.2) is 12.2 Å². The number of oxazole rings is 1. The molecule has 0 aromatic carbocycles. The molecule has 0 saturated carbocycles. The number of ether oxygens (including phenoxy) is 1. The highest BCUT2D eigenvalue weighted by atomic mass is 16.5. The van der Waals surface area contributed by atoms with Crippen LogP contribution < -0.4 is 0 Å². The molecule has 0 aliphatic carbocycles. The first-order chi connectivity index (χ1) is 5.61. The van der Waals surface area contributed by atoms with Gasteiger partial charge in [0.25, 0.3) is 0 Å². The summed E-state index contributed by atoms with van der Waals surface area (Å²) >= 11 is 0. The van der Waals surface area contributed by atoms with Crippen molar-refractivity contribution in [1.82, 2.24) is 4.98 Å². The standard InChI is InChI=1S/C8H13NO3/c1-8(2,11-3)7-6(4-10)9-5-12-7/h5,10H,4H2,1-3H3. The van der Waals surface area contributed by atoms with E-state index in [2.05, 4.69) is 4.98 Å². The lowest BCUT2D eigenvalue weighted by molar-refractivity contribution is -0.00105. The van der Waals surface area contributed by atoms with Crippen LogP contribution in [0.5, 0.6) is 0 Å². The summed E-state index contributed by atoms with van der Waals surface area (Å²) in [6.07, 6.45) is 1.31. The quantitative estimate of drug-likeness (QED) is 0.738. The molecular formula is C8H13NO3. The van der Waals surface area contributed by atoms with Gasteiger partial charge in [0, 0.05) is 7.11 Å². The number of aliphatic hydroxyl groups excluding tert-OH is 1. The Hall–Kier alpha value is -0.870. The molecule has 0 aliphatic rings. The maximum Gasteiger partial charge on any atom is 0.181 e. The van der Waals surface area contributed by atoms with Crippen molar-refractivity contribution in [3.05, 3.63) is 17.8 Å². The van der Waals surface area contributed by atoms with E-state index in [1.807, 2.05) is 13.8 Å². The van der Waals surface area contributed by atoms with Crippen molar-refractivity contribution in [3.63, 3.8) is 0 Å². The lowest BCUT2D eigenvalue weighted by atomic mass is 10.0. The highest BCUT2D eigenvalue weighted by molar-refractivity contribution is 5.13. The molecule has 12 heavy (non-hydrogen) atoms. The molecule has 1 heterocycles. The van der Waals surface area contributed by atoms with Crippen molar-refractivity contribution in [3.8, 4) is 0 Å². The summed E-state index contributed by atoms with van der Waals surface area (Å²) in [5.41, 5.74) is -0.00368. The highest BCUT2D eigenvalue weighted by Gasteiger charge is 2.27. The van der Waals surface area contributed by atoms with Crippen LogP contribution in [0.4, 0.5) is 0 Å². The number of methoxy groups -OCH3 is 1. The molecule has 0 unspecified atom stereocenters. The molecule has 1 aromatic heterocycles. The van der Waals surface area contributed by atoms with Gasteiger partial charge in [-0.15, -0.1) is 0 Å². The van der Waals surface area contributed by atoms with E-state index in [4.69, 9.17) is 14.3 Å². The molecule has 4 nitrogen and oxygen atoms in total. The van der Waals surface area contributed by atoms with Gasteiger partial charge in [-0.05, 0) is 13.8 Å². The maximum absolute atomic E-state index is 8.89. The molecule has 1 rings (SSSR count). The van der Waals surface area contributed by atoms with Gasteiger partial charge in [-0.3, -0.25) is 0 Å². The summed E-state index contributed by atoms with van der Waals surface area (Å²) in [6, 6.07) is 0. The van der Waals surface area contributed by atoms with E-state index in [9.17, 15) is 0 Å². The highest BCUT2D eigenvalue weighted by Crippen LogP contribution is 2.26. The maximum atomic E-state index is 8.89. The third-order valence-corrected chi connectivity index (χ3v) is 1.85. The lowest BCUT2D eigenvalue weighted by Gasteiger charge is -2.20. The minimum absolute atomic E-state index is 0.126. The zero-order valence-electron chi connectivity index (χ0n) is 7.50. The predicted molar refractivity (Wildman–Crippen MR) is 42.5 cm³/mol. The summed E-state index contributed by atoms with van der Waals surface area (Å²) in [5.74, 6) is 0.576. The Morgan fingerprint density at radius 2 is 2.33 bits per heavy atom. The van der Waals surface area contributed by atoms with Crippen LogP contribution in [0.2, 0.25) is 0 Å². The van der Waals surface area contributed by atoms with E-state index >= 15 is 0 Å². The predicted octanol–water partition coefficient (Wildman–Crippen LogP) is 1.05. The molecule has 0 saturated heterocycles. The van der Waals surface area contributed by atoms with Crippen LogP contribution in [0, 0.1) is 0 Å². The summed E-state index contributed by atoms with van der Waals surface area (Å²) in [5, 5.41) is 8.89. The molecule has 0 atom stereocenters. The van der Waals surface area contributed by atoms with Crippen LogP contribution >= 0.6 is 0 Å². The van der Waals surface area contributed by atoms with Crippen LogP contribution in [-0.2, 0) is 16.9 Å². The molecule has 0 aliphatic heterocycles. The number of hydrogen-bond donors (Lipinski definition) is 1. The van der Waals surface area contributed by atoms with Gasteiger partial charge in [-0.2, -0.15) is 0 Å². The number of hydrogen-bond acceptors (Lipinski definition) is 4. The van der Waals surface area contributed by atoms with Gasteiger partial charge < -0.3 is 14.3 Å². The Kier molecular flexibility index (Phi) is 2.49. The summed E-state index contributed by atoms with van der Waals surface area (Å²) in [6.45, 7) is 3.58. The summed E-state index contributed by atoms with van der Waals surface area (Å²) < 4.78 is 10.3. The zero-order valence-corrected chi connectivity index (χ0v) is 7.50. The van der Waals surface area contributed by atoms with Gasteiger partial charge in [-0.25, -0.2) is 4.98 Å². The number of rotatable bonds is 3. The fourth-order valence-electron chi connectivity index (χ4n) is 0.964. The molecular weight excluding hydrogens is 158 g/mol. The first-order valence-electron chi connectivity index (χ1n) is 3.70. The van der Waals surface area contributed by atoms with E-state index in [0.29, 0.717) is 11.5 Å². The minimum Gasteiger partial charge on any atom is -0.445 e. The van der Waals surface area contributed by atoms with Crippen LogP contribution in [-0.4, -0.2) is 17.2 Å². The van der Waals surface area contributed by atoms with Gasteiger partial charge in [0.05, 0.1) is 6.61 Å². The Morgan fingerprint density at radius 1 is 1.67 bits per heavy atom. The Labute approximate surface area is 71.2 Å². The molecule has 0 amide bonds. The van der Waals surface area contributed by atoms with Crippen molar-refractivity contribution in [2.45, 2.75) is 26.1 Å². The Morgan fingerprint density at radius 3 is 2.83 bits per heavy atom. The zero-order chi connectivity index (χ0) is 9.19. The smallest absolute Gasteiger partial charge is 0.181 e. The second-order valence-electron chi connectivity index (χ2n) is 3.00. The van der Waals surface area contributed by atoms with Crippen LogP contribution in [0.1, 0.15) is 25.3 Å². The van der Waals surface area contributed by atoms with E-state index < -0.39 is 5.60 Å². The molecule has 1 aromatic rings. The molecule has 0 radical (unpaired) electrons. The normalized spacial score (nSPS) is 12.0.